The van der Waals surface area contributed by atoms with E-state index in [-0.39, 0.29) is 11.4 Å². The summed E-state index contributed by atoms with van der Waals surface area (Å²) in [6.45, 7) is -0.589. The molecule has 3 rings (SSSR count). The molecule has 1 amide bonds. The number of nitrogens with zero attached hydrogens (tertiary/aromatic N) is 1. The van der Waals surface area contributed by atoms with Gasteiger partial charge in [-0.2, -0.15) is 0 Å². The Hall–Kier alpha value is -3.00. The first-order valence-corrected chi connectivity index (χ1v) is 7.71. The molecule has 0 fully saturated rings. The number of aliphatic carboxylic acids is 1. The number of hydrogen-bond donors (Lipinski definition) is 3. The van der Waals surface area contributed by atoms with Gasteiger partial charge in [0.05, 0.1) is 10.4 Å². The van der Waals surface area contributed by atoms with E-state index in [1.807, 2.05) is 0 Å². The van der Waals surface area contributed by atoms with Crippen LogP contribution in [0.4, 0.5) is 4.39 Å². The van der Waals surface area contributed by atoms with Crippen LogP contribution in [0.2, 0.25) is 0 Å². The topological polar surface area (TPSA) is 99.5 Å². The highest BCUT2D eigenvalue weighted by Crippen LogP contribution is 2.37. The van der Waals surface area contributed by atoms with Gasteiger partial charge in [-0.05, 0) is 35.7 Å². The van der Waals surface area contributed by atoms with Gasteiger partial charge in [0.25, 0.3) is 5.91 Å². The number of carbonyl (C=O) groups is 2. The zero-order valence-electron chi connectivity index (χ0n) is 12.1. The van der Waals surface area contributed by atoms with Crippen molar-refractivity contribution in [1.29, 1.82) is 0 Å². The van der Waals surface area contributed by atoms with Gasteiger partial charge in [0.2, 0.25) is 0 Å². The minimum Gasteiger partial charge on any atom is -0.504 e. The van der Waals surface area contributed by atoms with Crippen LogP contribution in [0.3, 0.4) is 0 Å². The molecule has 3 N–H and O–H groups in total. The van der Waals surface area contributed by atoms with E-state index >= 15 is 0 Å². The lowest BCUT2D eigenvalue weighted by Crippen LogP contribution is -2.30. The number of halogens is 1. The normalized spacial score (nSPS) is 10.7. The summed E-state index contributed by atoms with van der Waals surface area (Å²) < 4.78 is 13.6. The van der Waals surface area contributed by atoms with E-state index in [9.17, 15) is 19.1 Å². The van der Waals surface area contributed by atoms with E-state index in [1.54, 1.807) is 11.4 Å². The second kappa shape index (κ2) is 6.25. The SMILES string of the molecule is O=C(O)CNC(=O)c1nc(-c2ccc(F)cc2)c2ccsc2c1O. The Bertz CT molecular complexity index is 937. The van der Waals surface area contributed by atoms with Crippen molar-refractivity contribution in [2.75, 3.05) is 6.54 Å². The Kier molecular flexibility index (Phi) is 4.13. The Morgan fingerprint density at radius 1 is 1.21 bits per heavy atom. The molecule has 0 aliphatic rings. The summed E-state index contributed by atoms with van der Waals surface area (Å²) in [5, 5.41) is 23.4. The van der Waals surface area contributed by atoms with Gasteiger partial charge in [0.1, 0.15) is 12.4 Å². The molecule has 0 bridgehead atoms. The Morgan fingerprint density at radius 3 is 2.58 bits per heavy atom. The molecule has 8 heteroatoms. The number of nitrogens with one attached hydrogen (secondary N) is 1. The molecule has 0 saturated carbocycles. The fourth-order valence-electron chi connectivity index (χ4n) is 2.24. The van der Waals surface area contributed by atoms with Crippen LogP contribution in [0, 0.1) is 5.82 Å². The Labute approximate surface area is 139 Å². The zero-order chi connectivity index (χ0) is 17.3. The van der Waals surface area contributed by atoms with E-state index in [1.165, 1.54) is 35.6 Å². The quantitative estimate of drug-likeness (QED) is 0.674. The summed E-state index contributed by atoms with van der Waals surface area (Å²) in [6, 6.07) is 7.32. The van der Waals surface area contributed by atoms with E-state index in [0.29, 0.717) is 21.3 Å². The molecular weight excluding hydrogens is 335 g/mol. The number of aromatic hydroxyl groups is 1. The molecule has 2 heterocycles. The molecule has 0 atom stereocenters. The predicted molar refractivity (Wildman–Crippen MR) is 86.6 cm³/mol. The number of fused-ring (bicyclic) bond motifs is 1. The fourth-order valence-corrected chi connectivity index (χ4v) is 3.08. The van der Waals surface area contributed by atoms with Crippen LogP contribution in [0.5, 0.6) is 5.75 Å². The number of aromatic nitrogens is 1. The summed E-state index contributed by atoms with van der Waals surface area (Å²) in [5.74, 6) is -2.72. The van der Waals surface area contributed by atoms with E-state index in [2.05, 4.69) is 10.3 Å². The van der Waals surface area contributed by atoms with E-state index in [4.69, 9.17) is 5.11 Å². The maximum Gasteiger partial charge on any atom is 0.322 e. The number of benzene rings is 1. The number of amides is 1. The van der Waals surface area contributed by atoms with Gasteiger partial charge in [0, 0.05) is 10.9 Å². The average Bonchev–Trinajstić information content (AvgIpc) is 3.04. The first-order chi connectivity index (χ1) is 11.5. The largest absolute Gasteiger partial charge is 0.504 e. The van der Waals surface area contributed by atoms with Gasteiger partial charge in [-0.1, -0.05) is 0 Å². The average molecular weight is 346 g/mol. The number of thiophene rings is 1. The summed E-state index contributed by atoms with van der Waals surface area (Å²) in [6.07, 6.45) is 0. The molecule has 3 aromatic rings. The van der Waals surface area contributed by atoms with Crippen molar-refractivity contribution in [2.45, 2.75) is 0 Å². The third kappa shape index (κ3) is 2.91. The first-order valence-electron chi connectivity index (χ1n) is 6.83. The molecule has 0 spiro atoms. The summed E-state index contributed by atoms with van der Waals surface area (Å²) in [7, 11) is 0. The zero-order valence-corrected chi connectivity index (χ0v) is 12.9. The minimum absolute atomic E-state index is 0.273. The molecule has 122 valence electrons. The Morgan fingerprint density at radius 2 is 1.92 bits per heavy atom. The van der Waals surface area contributed by atoms with Gasteiger partial charge in [-0.3, -0.25) is 9.59 Å². The predicted octanol–water partition coefficient (Wildman–Crippen LogP) is 2.62. The molecule has 0 aliphatic carbocycles. The third-order valence-electron chi connectivity index (χ3n) is 3.32. The molecule has 0 unspecified atom stereocenters. The lowest BCUT2D eigenvalue weighted by Gasteiger charge is -2.09. The maximum absolute atomic E-state index is 13.1. The molecule has 24 heavy (non-hydrogen) atoms. The van der Waals surface area contributed by atoms with Crippen LogP contribution >= 0.6 is 11.3 Å². The van der Waals surface area contributed by atoms with Crippen LogP contribution < -0.4 is 5.32 Å². The summed E-state index contributed by atoms with van der Waals surface area (Å²) >= 11 is 1.22. The van der Waals surface area contributed by atoms with Crippen molar-refractivity contribution in [3.05, 3.63) is 47.2 Å². The van der Waals surface area contributed by atoms with Crippen LogP contribution in [-0.2, 0) is 4.79 Å². The second-order valence-corrected chi connectivity index (χ2v) is 5.82. The molecule has 0 saturated heterocycles. The van der Waals surface area contributed by atoms with Crippen molar-refractivity contribution >= 4 is 33.3 Å². The van der Waals surface area contributed by atoms with Crippen molar-refractivity contribution in [3.63, 3.8) is 0 Å². The smallest absolute Gasteiger partial charge is 0.322 e. The fraction of sp³-hybridized carbons (Fsp3) is 0.0625. The highest BCUT2D eigenvalue weighted by Gasteiger charge is 2.21. The number of pyridine rings is 1. The van der Waals surface area contributed by atoms with Gasteiger partial charge < -0.3 is 15.5 Å². The molecule has 2 aromatic heterocycles. The Balaban J connectivity index is 2.14. The molecule has 1 aromatic carbocycles. The highest BCUT2D eigenvalue weighted by atomic mass is 32.1. The first kappa shape index (κ1) is 15.9. The third-order valence-corrected chi connectivity index (χ3v) is 4.24. The van der Waals surface area contributed by atoms with Crippen molar-refractivity contribution < 1.29 is 24.2 Å². The molecule has 0 aliphatic heterocycles. The summed E-state index contributed by atoms with van der Waals surface area (Å²) in [5.41, 5.74) is 0.710. The number of rotatable bonds is 4. The molecule has 6 nitrogen and oxygen atoms in total. The second-order valence-electron chi connectivity index (χ2n) is 4.90. The van der Waals surface area contributed by atoms with E-state index in [0.717, 1.165) is 0 Å². The van der Waals surface area contributed by atoms with Crippen LogP contribution in [0.15, 0.2) is 35.7 Å². The van der Waals surface area contributed by atoms with Crippen LogP contribution in [0.25, 0.3) is 21.3 Å². The van der Waals surface area contributed by atoms with Gasteiger partial charge in [0.15, 0.2) is 11.4 Å². The standard InChI is InChI=1S/C16H11FN2O4S/c17-9-3-1-8(2-4-9)12-10-5-6-24-15(10)14(22)13(19-12)16(23)18-7-11(20)21/h1-6,22H,7H2,(H,18,23)(H,20,21). The number of hydrogen-bond acceptors (Lipinski definition) is 5. The van der Waals surface area contributed by atoms with Gasteiger partial charge in [-0.25, -0.2) is 9.37 Å². The van der Waals surface area contributed by atoms with Crippen molar-refractivity contribution in [2.24, 2.45) is 0 Å². The lowest BCUT2D eigenvalue weighted by molar-refractivity contribution is -0.135. The number of carboxylic acids is 1. The molecule has 0 radical (unpaired) electrons. The minimum atomic E-state index is -1.21. The van der Waals surface area contributed by atoms with E-state index < -0.39 is 24.2 Å². The lowest BCUT2D eigenvalue weighted by atomic mass is 10.1. The molecular formula is C16H11FN2O4S. The number of carboxylic acid groups (broad SMARTS) is 1. The highest BCUT2D eigenvalue weighted by molar-refractivity contribution is 7.17. The maximum atomic E-state index is 13.1. The monoisotopic (exact) mass is 346 g/mol. The summed E-state index contributed by atoms with van der Waals surface area (Å²) in [4.78, 5) is 26.9. The van der Waals surface area contributed by atoms with Crippen LogP contribution in [0.1, 0.15) is 10.5 Å². The van der Waals surface area contributed by atoms with Gasteiger partial charge >= 0.3 is 5.97 Å². The number of carbonyl (C=O) groups excluding carboxylic acids is 1. The van der Waals surface area contributed by atoms with Crippen molar-refractivity contribution in [3.8, 4) is 17.0 Å². The van der Waals surface area contributed by atoms with Crippen LogP contribution in [-0.4, -0.2) is 33.6 Å². The van der Waals surface area contributed by atoms with Crippen molar-refractivity contribution in [1.82, 2.24) is 10.3 Å². The van der Waals surface area contributed by atoms with Gasteiger partial charge in [-0.15, -0.1) is 11.3 Å².